The minimum atomic E-state index is -4.82. The molecule has 0 atom stereocenters. The van der Waals surface area contributed by atoms with E-state index in [2.05, 4.69) is 20.4 Å². The predicted octanol–water partition coefficient (Wildman–Crippen LogP) is 2.23. The zero-order chi connectivity index (χ0) is 17.7. The summed E-state index contributed by atoms with van der Waals surface area (Å²) in [4.78, 5) is 15.4. The molecule has 9 heteroatoms. The molecule has 0 saturated heterocycles. The molecule has 0 aliphatic carbocycles. The van der Waals surface area contributed by atoms with Gasteiger partial charge in [-0.3, -0.25) is 4.79 Å². The highest BCUT2D eigenvalue weighted by Crippen LogP contribution is 2.29. The highest BCUT2D eigenvalue weighted by atomic mass is 19.4. The van der Waals surface area contributed by atoms with Crippen LogP contribution in [0.3, 0.4) is 0 Å². The van der Waals surface area contributed by atoms with E-state index in [-0.39, 0.29) is 24.1 Å². The van der Waals surface area contributed by atoms with Gasteiger partial charge in [0.1, 0.15) is 6.54 Å². The van der Waals surface area contributed by atoms with E-state index in [1.807, 2.05) is 0 Å². The van der Waals surface area contributed by atoms with E-state index < -0.39 is 17.7 Å². The first kappa shape index (κ1) is 18.6. The van der Waals surface area contributed by atoms with E-state index >= 15 is 0 Å². The maximum Gasteiger partial charge on any atom is 0.573 e. The van der Waals surface area contributed by atoms with Crippen molar-refractivity contribution in [2.75, 3.05) is 11.9 Å². The standard InChI is InChI=1S/C14H19F3N4O2/c1-13(2,3)21-11(22)8-19-12(18)20-9-6-4-5-7-10(9)23-14(15,16)17/h4-7H,8H2,1-3H3,(H,21,22)(H3,18,19,20). The lowest BCUT2D eigenvalue weighted by molar-refractivity contribution is -0.274. The number of nitrogens with zero attached hydrogens (tertiary/aromatic N) is 1. The van der Waals surface area contributed by atoms with Crippen LogP contribution in [0, 0.1) is 0 Å². The number of para-hydroxylation sites is 2. The molecule has 0 spiro atoms. The molecule has 4 N–H and O–H groups in total. The molecule has 0 bridgehead atoms. The zero-order valence-electron chi connectivity index (χ0n) is 13.0. The fraction of sp³-hybridized carbons (Fsp3) is 0.429. The molecular formula is C14H19F3N4O2. The van der Waals surface area contributed by atoms with Gasteiger partial charge in [-0.15, -0.1) is 13.2 Å². The minimum absolute atomic E-state index is 0.0118. The average molecular weight is 332 g/mol. The van der Waals surface area contributed by atoms with Crippen LogP contribution in [0.4, 0.5) is 18.9 Å². The van der Waals surface area contributed by atoms with Crippen molar-refractivity contribution >= 4 is 17.6 Å². The number of rotatable bonds is 4. The summed E-state index contributed by atoms with van der Waals surface area (Å²) < 4.78 is 40.8. The van der Waals surface area contributed by atoms with Crippen LogP contribution in [0.5, 0.6) is 5.75 Å². The summed E-state index contributed by atoms with van der Waals surface area (Å²) in [6, 6.07) is 5.37. The Kier molecular flexibility index (Phi) is 5.83. The monoisotopic (exact) mass is 332 g/mol. The van der Waals surface area contributed by atoms with Crippen LogP contribution in [0.15, 0.2) is 29.3 Å². The van der Waals surface area contributed by atoms with Crippen molar-refractivity contribution in [3.8, 4) is 5.75 Å². The van der Waals surface area contributed by atoms with Crippen LogP contribution in [0.25, 0.3) is 0 Å². The number of amides is 1. The van der Waals surface area contributed by atoms with Crippen molar-refractivity contribution in [1.29, 1.82) is 0 Å². The third-order valence-corrected chi connectivity index (χ3v) is 2.28. The third kappa shape index (κ3) is 7.93. The highest BCUT2D eigenvalue weighted by molar-refractivity contribution is 5.95. The summed E-state index contributed by atoms with van der Waals surface area (Å²) in [5.41, 5.74) is 5.15. The Morgan fingerprint density at radius 3 is 2.43 bits per heavy atom. The number of nitrogens with one attached hydrogen (secondary N) is 2. The molecule has 1 aromatic carbocycles. The summed E-state index contributed by atoms with van der Waals surface area (Å²) in [5.74, 6) is -1.01. The SMILES string of the molecule is CC(C)(C)NC(=O)CN=C(N)Nc1ccccc1OC(F)(F)F. The maximum absolute atomic E-state index is 12.3. The van der Waals surface area contributed by atoms with E-state index in [1.165, 1.54) is 18.2 Å². The van der Waals surface area contributed by atoms with Crippen LogP contribution >= 0.6 is 0 Å². The van der Waals surface area contributed by atoms with Crippen LogP contribution < -0.4 is 21.1 Å². The molecule has 6 nitrogen and oxygen atoms in total. The number of halogens is 3. The van der Waals surface area contributed by atoms with E-state index in [0.29, 0.717) is 0 Å². The molecule has 1 aromatic rings. The number of anilines is 1. The minimum Gasteiger partial charge on any atom is -0.404 e. The molecular weight excluding hydrogens is 313 g/mol. The van der Waals surface area contributed by atoms with E-state index in [9.17, 15) is 18.0 Å². The molecule has 0 unspecified atom stereocenters. The molecule has 0 fully saturated rings. The fourth-order valence-corrected chi connectivity index (χ4v) is 1.58. The third-order valence-electron chi connectivity index (χ3n) is 2.28. The Balaban J connectivity index is 2.72. The van der Waals surface area contributed by atoms with Gasteiger partial charge in [0.2, 0.25) is 5.91 Å². The van der Waals surface area contributed by atoms with Gasteiger partial charge in [-0.25, -0.2) is 4.99 Å². The number of benzene rings is 1. The number of aliphatic imine (C=N–C) groups is 1. The average Bonchev–Trinajstić information content (AvgIpc) is 2.35. The molecule has 0 heterocycles. The number of carbonyl (C=O) groups is 1. The number of nitrogens with two attached hydrogens (primary N) is 1. The number of hydrogen-bond donors (Lipinski definition) is 3. The molecule has 0 aliphatic heterocycles. The smallest absolute Gasteiger partial charge is 0.404 e. The van der Waals surface area contributed by atoms with Gasteiger partial charge in [0.15, 0.2) is 11.7 Å². The summed E-state index contributed by atoms with van der Waals surface area (Å²) >= 11 is 0. The second kappa shape index (κ2) is 7.21. The molecule has 0 aliphatic rings. The largest absolute Gasteiger partial charge is 0.573 e. The first-order valence-corrected chi connectivity index (χ1v) is 6.69. The normalized spacial score (nSPS) is 12.7. The lowest BCUT2D eigenvalue weighted by atomic mass is 10.1. The first-order chi connectivity index (χ1) is 10.5. The number of alkyl halides is 3. The van der Waals surface area contributed by atoms with Crippen LogP contribution in [-0.4, -0.2) is 30.3 Å². The topological polar surface area (TPSA) is 88.7 Å². The molecule has 23 heavy (non-hydrogen) atoms. The van der Waals surface area contributed by atoms with Gasteiger partial charge in [0.05, 0.1) is 5.69 Å². The second-order valence-electron chi connectivity index (χ2n) is 5.67. The van der Waals surface area contributed by atoms with E-state index in [0.717, 1.165) is 6.07 Å². The summed E-state index contributed by atoms with van der Waals surface area (Å²) in [5, 5.41) is 5.15. The summed E-state index contributed by atoms with van der Waals surface area (Å²) in [6.07, 6.45) is -4.82. The summed E-state index contributed by atoms with van der Waals surface area (Å²) in [7, 11) is 0. The zero-order valence-corrected chi connectivity index (χ0v) is 13.0. The molecule has 0 saturated carbocycles. The van der Waals surface area contributed by atoms with E-state index in [1.54, 1.807) is 20.8 Å². The van der Waals surface area contributed by atoms with Crippen molar-refractivity contribution in [2.45, 2.75) is 32.7 Å². The number of ether oxygens (including phenoxy) is 1. The fourth-order valence-electron chi connectivity index (χ4n) is 1.58. The molecule has 128 valence electrons. The van der Waals surface area contributed by atoms with Gasteiger partial charge in [0, 0.05) is 5.54 Å². The molecule has 1 amide bonds. The molecule has 0 radical (unpaired) electrons. The Labute approximate surface area is 131 Å². The van der Waals surface area contributed by atoms with Crippen molar-refractivity contribution in [3.05, 3.63) is 24.3 Å². The van der Waals surface area contributed by atoms with Crippen molar-refractivity contribution in [3.63, 3.8) is 0 Å². The Hall–Kier alpha value is -2.45. The van der Waals surface area contributed by atoms with Crippen molar-refractivity contribution in [2.24, 2.45) is 10.7 Å². The predicted molar refractivity (Wildman–Crippen MR) is 81.1 cm³/mol. The lowest BCUT2D eigenvalue weighted by Crippen LogP contribution is -2.42. The van der Waals surface area contributed by atoms with Gasteiger partial charge in [-0.1, -0.05) is 12.1 Å². The van der Waals surface area contributed by atoms with Gasteiger partial charge < -0.3 is 21.1 Å². The Morgan fingerprint density at radius 2 is 1.87 bits per heavy atom. The van der Waals surface area contributed by atoms with Gasteiger partial charge in [0.25, 0.3) is 0 Å². The Bertz CT molecular complexity index is 580. The highest BCUT2D eigenvalue weighted by Gasteiger charge is 2.32. The molecule has 0 aromatic heterocycles. The van der Waals surface area contributed by atoms with Gasteiger partial charge >= 0.3 is 6.36 Å². The number of guanidine groups is 1. The van der Waals surface area contributed by atoms with Crippen molar-refractivity contribution in [1.82, 2.24) is 5.32 Å². The van der Waals surface area contributed by atoms with Crippen LogP contribution in [-0.2, 0) is 4.79 Å². The second-order valence-corrected chi connectivity index (χ2v) is 5.67. The van der Waals surface area contributed by atoms with Gasteiger partial charge in [-0.05, 0) is 32.9 Å². The van der Waals surface area contributed by atoms with Crippen LogP contribution in [0.1, 0.15) is 20.8 Å². The van der Waals surface area contributed by atoms with Crippen molar-refractivity contribution < 1.29 is 22.7 Å². The quantitative estimate of drug-likeness (QED) is 0.583. The lowest BCUT2D eigenvalue weighted by Gasteiger charge is -2.19. The van der Waals surface area contributed by atoms with E-state index in [4.69, 9.17) is 5.73 Å². The molecule has 1 rings (SSSR count). The number of carbonyl (C=O) groups excluding carboxylic acids is 1. The first-order valence-electron chi connectivity index (χ1n) is 6.69. The van der Waals surface area contributed by atoms with Gasteiger partial charge in [-0.2, -0.15) is 0 Å². The summed E-state index contributed by atoms with van der Waals surface area (Å²) in [6.45, 7) is 5.17. The Morgan fingerprint density at radius 1 is 1.26 bits per heavy atom. The maximum atomic E-state index is 12.3. The number of hydrogen-bond acceptors (Lipinski definition) is 3. The van der Waals surface area contributed by atoms with Crippen LogP contribution in [0.2, 0.25) is 0 Å².